The van der Waals surface area contributed by atoms with Crippen LogP contribution in [0.1, 0.15) is 19.3 Å². The van der Waals surface area contributed by atoms with E-state index in [0.29, 0.717) is 0 Å². The molecule has 12 heavy (non-hydrogen) atoms. The van der Waals surface area contributed by atoms with Crippen molar-refractivity contribution in [1.82, 2.24) is 4.90 Å². The Morgan fingerprint density at radius 2 is 2.08 bits per heavy atom. The van der Waals surface area contributed by atoms with Crippen molar-refractivity contribution < 1.29 is 4.79 Å². The van der Waals surface area contributed by atoms with Gasteiger partial charge in [-0.3, -0.25) is 4.79 Å². The normalized spacial score (nSPS) is 29.4. The van der Waals surface area contributed by atoms with Gasteiger partial charge in [0.25, 0.3) is 0 Å². The lowest BCUT2D eigenvalue weighted by Crippen LogP contribution is -2.29. The summed E-state index contributed by atoms with van der Waals surface area (Å²) in [6.45, 7) is 1.91. The van der Waals surface area contributed by atoms with Crippen LogP contribution < -0.4 is 0 Å². The van der Waals surface area contributed by atoms with Crippen LogP contribution >= 0.6 is 11.6 Å². The average molecular weight is 188 g/mol. The lowest BCUT2D eigenvalue weighted by molar-refractivity contribution is -0.127. The first-order chi connectivity index (χ1) is 5.81. The highest BCUT2D eigenvalue weighted by molar-refractivity contribution is 6.27. The molecule has 0 spiro atoms. The van der Waals surface area contributed by atoms with Gasteiger partial charge in [-0.15, -0.1) is 11.6 Å². The standard InChI is InChI=1S/C9H14ClNO/c10-5-9(12)11-4-3-8(6-11)7-1-2-7/h7-8H,1-6H2. The summed E-state index contributed by atoms with van der Waals surface area (Å²) in [5, 5.41) is 0. The second-order valence-electron chi connectivity index (χ2n) is 3.86. The molecule has 1 amide bonds. The van der Waals surface area contributed by atoms with Crippen LogP contribution in [0.25, 0.3) is 0 Å². The Balaban J connectivity index is 1.84. The van der Waals surface area contributed by atoms with Crippen molar-refractivity contribution in [2.45, 2.75) is 19.3 Å². The SMILES string of the molecule is O=C(CCl)N1CCC(C2CC2)C1. The third-order valence-corrected chi connectivity index (χ3v) is 3.21. The summed E-state index contributed by atoms with van der Waals surface area (Å²) in [7, 11) is 0. The summed E-state index contributed by atoms with van der Waals surface area (Å²) in [5.74, 6) is 1.98. The Labute approximate surface area is 77.9 Å². The fourth-order valence-corrected chi connectivity index (χ4v) is 2.22. The molecule has 0 radical (unpaired) electrons. The quantitative estimate of drug-likeness (QED) is 0.600. The summed E-state index contributed by atoms with van der Waals surface area (Å²) in [6, 6.07) is 0. The van der Waals surface area contributed by atoms with Crippen LogP contribution in [0, 0.1) is 11.8 Å². The molecule has 0 N–H and O–H groups in total. The molecule has 1 atom stereocenters. The Bertz CT molecular complexity index is 191. The van der Waals surface area contributed by atoms with E-state index < -0.39 is 0 Å². The zero-order chi connectivity index (χ0) is 8.55. The van der Waals surface area contributed by atoms with Crippen LogP contribution in [-0.2, 0) is 4.79 Å². The highest BCUT2D eigenvalue weighted by Gasteiger charge is 2.36. The van der Waals surface area contributed by atoms with E-state index in [1.165, 1.54) is 19.3 Å². The number of amides is 1. The van der Waals surface area contributed by atoms with Gasteiger partial charge >= 0.3 is 0 Å². The lowest BCUT2D eigenvalue weighted by atomic mass is 10.0. The van der Waals surface area contributed by atoms with Crippen LogP contribution in [0.5, 0.6) is 0 Å². The summed E-state index contributed by atoms with van der Waals surface area (Å²) < 4.78 is 0. The fraction of sp³-hybridized carbons (Fsp3) is 0.889. The molecule has 1 heterocycles. The maximum Gasteiger partial charge on any atom is 0.237 e. The molecule has 68 valence electrons. The van der Waals surface area contributed by atoms with E-state index in [1.54, 1.807) is 0 Å². The first-order valence-electron chi connectivity index (χ1n) is 4.65. The van der Waals surface area contributed by atoms with Crippen LogP contribution in [0.3, 0.4) is 0 Å². The molecule has 0 bridgehead atoms. The predicted molar refractivity (Wildman–Crippen MR) is 48.1 cm³/mol. The van der Waals surface area contributed by atoms with Crippen molar-refractivity contribution >= 4 is 17.5 Å². The molecule has 2 nitrogen and oxygen atoms in total. The largest absolute Gasteiger partial charge is 0.341 e. The van der Waals surface area contributed by atoms with Crippen LogP contribution in [-0.4, -0.2) is 29.8 Å². The molecular weight excluding hydrogens is 174 g/mol. The number of hydrogen-bond acceptors (Lipinski definition) is 1. The minimum Gasteiger partial charge on any atom is -0.341 e. The van der Waals surface area contributed by atoms with Gasteiger partial charge in [0, 0.05) is 13.1 Å². The average Bonchev–Trinajstić information content (AvgIpc) is 2.83. The lowest BCUT2D eigenvalue weighted by Gasteiger charge is -2.14. The fourth-order valence-electron chi connectivity index (χ4n) is 2.05. The van der Waals surface area contributed by atoms with E-state index in [0.717, 1.165) is 24.9 Å². The minimum absolute atomic E-state index is 0.111. The molecule has 3 heteroatoms. The number of alkyl halides is 1. The summed E-state index contributed by atoms with van der Waals surface area (Å²) in [5.41, 5.74) is 0. The molecule has 0 aromatic heterocycles. The molecule has 2 aliphatic rings. The van der Waals surface area contributed by atoms with Crippen molar-refractivity contribution in [3.8, 4) is 0 Å². The summed E-state index contributed by atoms with van der Waals surface area (Å²) >= 11 is 5.48. The third kappa shape index (κ3) is 1.58. The second kappa shape index (κ2) is 3.25. The van der Waals surface area contributed by atoms with Crippen LogP contribution in [0.4, 0.5) is 0 Å². The zero-order valence-corrected chi connectivity index (χ0v) is 7.89. The Morgan fingerprint density at radius 1 is 1.33 bits per heavy atom. The van der Waals surface area contributed by atoms with E-state index in [1.807, 2.05) is 4.90 Å². The van der Waals surface area contributed by atoms with Crippen molar-refractivity contribution in [3.05, 3.63) is 0 Å². The monoisotopic (exact) mass is 187 g/mol. The highest BCUT2D eigenvalue weighted by Crippen LogP contribution is 2.41. The number of rotatable bonds is 2. The van der Waals surface area contributed by atoms with Crippen molar-refractivity contribution in [3.63, 3.8) is 0 Å². The Hall–Kier alpha value is -0.240. The van der Waals surface area contributed by atoms with Gasteiger partial charge in [0.1, 0.15) is 5.88 Å². The highest BCUT2D eigenvalue weighted by atomic mass is 35.5. The topological polar surface area (TPSA) is 20.3 Å². The smallest absolute Gasteiger partial charge is 0.237 e. The first-order valence-corrected chi connectivity index (χ1v) is 5.18. The number of halogens is 1. The van der Waals surface area contributed by atoms with Crippen LogP contribution in [0.15, 0.2) is 0 Å². The van der Waals surface area contributed by atoms with E-state index in [9.17, 15) is 4.79 Å². The van der Waals surface area contributed by atoms with Gasteiger partial charge in [0.15, 0.2) is 0 Å². The van der Waals surface area contributed by atoms with E-state index in [2.05, 4.69) is 0 Å². The minimum atomic E-state index is 0.111. The van der Waals surface area contributed by atoms with Gasteiger partial charge < -0.3 is 4.90 Å². The number of carbonyl (C=O) groups excluding carboxylic acids is 1. The number of carbonyl (C=O) groups is 1. The summed E-state index contributed by atoms with van der Waals surface area (Å²) in [6.07, 6.45) is 3.97. The van der Waals surface area contributed by atoms with Crippen molar-refractivity contribution in [1.29, 1.82) is 0 Å². The Morgan fingerprint density at radius 3 is 2.67 bits per heavy atom. The first kappa shape index (κ1) is 8.36. The maximum absolute atomic E-state index is 11.2. The van der Waals surface area contributed by atoms with Crippen LogP contribution in [0.2, 0.25) is 0 Å². The van der Waals surface area contributed by atoms with Crippen molar-refractivity contribution in [2.24, 2.45) is 11.8 Å². The molecular formula is C9H14ClNO. The van der Waals surface area contributed by atoms with E-state index in [-0.39, 0.29) is 11.8 Å². The Kier molecular flexibility index (Phi) is 2.26. The predicted octanol–water partition coefficient (Wildman–Crippen LogP) is 1.48. The molecule has 1 saturated carbocycles. The maximum atomic E-state index is 11.2. The molecule has 1 saturated heterocycles. The van der Waals surface area contributed by atoms with Gasteiger partial charge in [-0.2, -0.15) is 0 Å². The molecule has 0 aromatic rings. The molecule has 1 unspecified atom stereocenters. The molecule has 0 aromatic carbocycles. The van der Waals surface area contributed by atoms with E-state index >= 15 is 0 Å². The second-order valence-corrected chi connectivity index (χ2v) is 4.13. The van der Waals surface area contributed by atoms with Gasteiger partial charge in [0.05, 0.1) is 0 Å². The molecule has 1 aliphatic carbocycles. The van der Waals surface area contributed by atoms with Gasteiger partial charge in [-0.1, -0.05) is 0 Å². The summed E-state index contributed by atoms with van der Waals surface area (Å²) in [4.78, 5) is 13.1. The molecule has 2 rings (SSSR count). The zero-order valence-electron chi connectivity index (χ0n) is 7.13. The van der Waals surface area contributed by atoms with Gasteiger partial charge in [0.2, 0.25) is 5.91 Å². The molecule has 2 fully saturated rings. The third-order valence-electron chi connectivity index (χ3n) is 2.98. The van der Waals surface area contributed by atoms with Crippen molar-refractivity contribution in [2.75, 3.05) is 19.0 Å². The van der Waals surface area contributed by atoms with E-state index in [4.69, 9.17) is 11.6 Å². The molecule has 1 aliphatic heterocycles. The number of hydrogen-bond donors (Lipinski definition) is 0. The van der Waals surface area contributed by atoms with Gasteiger partial charge in [-0.25, -0.2) is 0 Å². The number of nitrogens with zero attached hydrogens (tertiary/aromatic N) is 1. The van der Waals surface area contributed by atoms with Gasteiger partial charge in [-0.05, 0) is 31.1 Å². The number of likely N-dealkylation sites (tertiary alicyclic amines) is 1.